The van der Waals surface area contributed by atoms with Crippen LogP contribution < -0.4 is 5.73 Å². The van der Waals surface area contributed by atoms with Crippen LogP contribution in [0.15, 0.2) is 30.3 Å². The molecule has 1 heterocycles. The predicted molar refractivity (Wildman–Crippen MR) is 75.9 cm³/mol. The number of aliphatic hydroxyl groups excluding tert-OH is 1. The molecule has 0 radical (unpaired) electrons. The van der Waals surface area contributed by atoms with Gasteiger partial charge in [-0.2, -0.15) is 0 Å². The van der Waals surface area contributed by atoms with Crippen LogP contribution in [-0.2, 0) is 9.53 Å². The first-order valence-electron chi connectivity index (χ1n) is 6.95. The first kappa shape index (κ1) is 15.0. The van der Waals surface area contributed by atoms with Crippen molar-refractivity contribution in [1.82, 2.24) is 4.90 Å². The quantitative estimate of drug-likeness (QED) is 0.843. The number of aliphatic hydroxyl groups is 1. The number of rotatable bonds is 4. The number of morpholine rings is 1. The summed E-state index contributed by atoms with van der Waals surface area (Å²) in [6, 6.07) is 9.32. The molecule has 20 heavy (non-hydrogen) atoms. The van der Waals surface area contributed by atoms with Gasteiger partial charge in [-0.3, -0.25) is 4.79 Å². The summed E-state index contributed by atoms with van der Waals surface area (Å²) in [7, 11) is 0. The third-order valence-corrected chi connectivity index (χ3v) is 3.77. The molecule has 3 unspecified atom stereocenters. The Labute approximate surface area is 119 Å². The highest BCUT2D eigenvalue weighted by Crippen LogP contribution is 2.22. The number of carbonyl (C=O) groups excluding carboxylic acids is 1. The number of nitrogens with two attached hydrogens (primary N) is 1. The topological polar surface area (TPSA) is 75.8 Å². The Morgan fingerprint density at radius 1 is 1.50 bits per heavy atom. The first-order valence-corrected chi connectivity index (χ1v) is 6.95. The SMILES string of the molecule is CC(C(=O)N1CCOC(CO)C1)C(N)c1ccccc1. The summed E-state index contributed by atoms with van der Waals surface area (Å²) in [6.45, 7) is 3.24. The van der Waals surface area contributed by atoms with Crippen LogP contribution >= 0.6 is 0 Å². The number of hydrogen-bond donors (Lipinski definition) is 2. The number of amides is 1. The molecule has 5 heteroatoms. The molecule has 5 nitrogen and oxygen atoms in total. The molecule has 1 aliphatic heterocycles. The number of benzene rings is 1. The Hall–Kier alpha value is -1.43. The highest BCUT2D eigenvalue weighted by atomic mass is 16.5. The van der Waals surface area contributed by atoms with Gasteiger partial charge in [-0.25, -0.2) is 0 Å². The summed E-state index contributed by atoms with van der Waals surface area (Å²) in [4.78, 5) is 14.2. The van der Waals surface area contributed by atoms with Crippen molar-refractivity contribution in [2.75, 3.05) is 26.3 Å². The van der Waals surface area contributed by atoms with Crippen molar-refractivity contribution < 1.29 is 14.6 Å². The zero-order chi connectivity index (χ0) is 14.5. The van der Waals surface area contributed by atoms with Gasteiger partial charge < -0.3 is 20.5 Å². The minimum Gasteiger partial charge on any atom is -0.394 e. The minimum absolute atomic E-state index is 0.0168. The van der Waals surface area contributed by atoms with Crippen molar-refractivity contribution in [3.63, 3.8) is 0 Å². The molecule has 1 saturated heterocycles. The van der Waals surface area contributed by atoms with Gasteiger partial charge in [-0.1, -0.05) is 37.3 Å². The molecule has 0 spiro atoms. The lowest BCUT2D eigenvalue weighted by Gasteiger charge is -2.34. The van der Waals surface area contributed by atoms with Crippen molar-refractivity contribution >= 4 is 5.91 Å². The maximum atomic E-state index is 12.5. The third kappa shape index (κ3) is 3.36. The van der Waals surface area contributed by atoms with E-state index < -0.39 is 0 Å². The van der Waals surface area contributed by atoms with Gasteiger partial charge in [0.25, 0.3) is 0 Å². The van der Waals surface area contributed by atoms with E-state index in [1.54, 1.807) is 4.90 Å². The summed E-state index contributed by atoms with van der Waals surface area (Å²) >= 11 is 0. The molecule has 0 aliphatic carbocycles. The lowest BCUT2D eigenvalue weighted by Crippen LogP contribution is -2.49. The fraction of sp³-hybridized carbons (Fsp3) is 0.533. The maximum Gasteiger partial charge on any atom is 0.227 e. The Morgan fingerprint density at radius 2 is 2.20 bits per heavy atom. The smallest absolute Gasteiger partial charge is 0.227 e. The van der Waals surface area contributed by atoms with Gasteiger partial charge in [0.05, 0.1) is 25.2 Å². The summed E-state index contributed by atoms with van der Waals surface area (Å²) in [5, 5.41) is 9.13. The molecule has 1 aromatic carbocycles. The molecule has 3 N–H and O–H groups in total. The third-order valence-electron chi connectivity index (χ3n) is 3.77. The largest absolute Gasteiger partial charge is 0.394 e. The number of ether oxygens (including phenoxy) is 1. The fourth-order valence-corrected chi connectivity index (χ4v) is 2.44. The van der Waals surface area contributed by atoms with E-state index in [1.165, 1.54) is 0 Å². The lowest BCUT2D eigenvalue weighted by molar-refractivity contribution is -0.144. The van der Waals surface area contributed by atoms with E-state index in [2.05, 4.69) is 0 Å². The second-order valence-corrected chi connectivity index (χ2v) is 5.18. The Bertz CT molecular complexity index is 438. The van der Waals surface area contributed by atoms with Crippen molar-refractivity contribution in [2.24, 2.45) is 11.7 Å². The Balaban J connectivity index is 2.01. The van der Waals surface area contributed by atoms with E-state index in [0.29, 0.717) is 19.7 Å². The average Bonchev–Trinajstić information content (AvgIpc) is 2.53. The van der Waals surface area contributed by atoms with E-state index in [4.69, 9.17) is 15.6 Å². The van der Waals surface area contributed by atoms with E-state index in [1.807, 2.05) is 37.3 Å². The maximum absolute atomic E-state index is 12.5. The van der Waals surface area contributed by atoms with E-state index in [9.17, 15) is 4.79 Å². The molecular formula is C15H22N2O3. The van der Waals surface area contributed by atoms with Gasteiger partial charge in [0.15, 0.2) is 0 Å². The second-order valence-electron chi connectivity index (χ2n) is 5.18. The monoisotopic (exact) mass is 278 g/mol. The zero-order valence-corrected chi connectivity index (χ0v) is 11.7. The summed E-state index contributed by atoms with van der Waals surface area (Å²) < 4.78 is 5.36. The minimum atomic E-state index is -0.320. The van der Waals surface area contributed by atoms with Gasteiger partial charge in [0.2, 0.25) is 5.91 Å². The summed E-state index contributed by atoms with van der Waals surface area (Å²) in [5.41, 5.74) is 7.14. The number of nitrogens with zero attached hydrogens (tertiary/aromatic N) is 1. The van der Waals surface area contributed by atoms with Crippen LogP contribution in [0, 0.1) is 5.92 Å². The molecule has 0 aromatic heterocycles. The van der Waals surface area contributed by atoms with Gasteiger partial charge >= 0.3 is 0 Å². The first-order chi connectivity index (χ1) is 9.63. The fourth-order valence-electron chi connectivity index (χ4n) is 2.44. The predicted octanol–water partition coefficient (Wildman–Crippen LogP) is 0.542. The number of hydrogen-bond acceptors (Lipinski definition) is 4. The van der Waals surface area contributed by atoms with Crippen LogP contribution in [-0.4, -0.2) is 48.3 Å². The highest BCUT2D eigenvalue weighted by Gasteiger charge is 2.30. The summed E-state index contributed by atoms with van der Waals surface area (Å²) in [6.07, 6.45) is -0.284. The molecule has 1 aromatic rings. The van der Waals surface area contributed by atoms with Crippen LogP contribution in [0.1, 0.15) is 18.5 Å². The van der Waals surface area contributed by atoms with Gasteiger partial charge in [0, 0.05) is 19.1 Å². The molecule has 1 aliphatic rings. The normalized spacial score (nSPS) is 22.4. The molecule has 0 saturated carbocycles. The molecule has 2 rings (SSSR count). The van der Waals surface area contributed by atoms with Crippen LogP contribution in [0.5, 0.6) is 0 Å². The molecule has 3 atom stereocenters. The summed E-state index contributed by atoms with van der Waals surface area (Å²) in [5.74, 6) is -0.280. The Kier molecular flexibility index (Phi) is 5.11. The van der Waals surface area contributed by atoms with Crippen LogP contribution in [0.3, 0.4) is 0 Å². The van der Waals surface area contributed by atoms with Gasteiger partial charge in [-0.05, 0) is 5.56 Å². The number of carbonyl (C=O) groups is 1. The lowest BCUT2D eigenvalue weighted by atomic mass is 9.94. The molecule has 110 valence electrons. The van der Waals surface area contributed by atoms with Crippen molar-refractivity contribution in [3.05, 3.63) is 35.9 Å². The van der Waals surface area contributed by atoms with Crippen molar-refractivity contribution in [2.45, 2.75) is 19.1 Å². The second kappa shape index (κ2) is 6.83. The van der Waals surface area contributed by atoms with Crippen LogP contribution in [0.2, 0.25) is 0 Å². The van der Waals surface area contributed by atoms with Gasteiger partial charge in [-0.15, -0.1) is 0 Å². The highest BCUT2D eigenvalue weighted by molar-refractivity contribution is 5.79. The van der Waals surface area contributed by atoms with Crippen molar-refractivity contribution in [3.8, 4) is 0 Å². The van der Waals surface area contributed by atoms with E-state index >= 15 is 0 Å². The van der Waals surface area contributed by atoms with Crippen LogP contribution in [0.4, 0.5) is 0 Å². The van der Waals surface area contributed by atoms with E-state index in [0.717, 1.165) is 5.56 Å². The molecule has 1 amide bonds. The molecule has 1 fully saturated rings. The van der Waals surface area contributed by atoms with Crippen molar-refractivity contribution in [1.29, 1.82) is 0 Å². The molecular weight excluding hydrogens is 256 g/mol. The molecule has 0 bridgehead atoms. The van der Waals surface area contributed by atoms with Crippen LogP contribution in [0.25, 0.3) is 0 Å². The zero-order valence-electron chi connectivity index (χ0n) is 11.7. The van der Waals surface area contributed by atoms with Gasteiger partial charge in [0.1, 0.15) is 0 Å². The Morgan fingerprint density at radius 3 is 2.85 bits per heavy atom. The average molecular weight is 278 g/mol. The standard InChI is InChI=1S/C15H22N2O3/c1-11(14(16)12-5-3-2-4-6-12)15(19)17-7-8-20-13(9-17)10-18/h2-6,11,13-14,18H,7-10,16H2,1H3. The van der Waals surface area contributed by atoms with E-state index in [-0.39, 0.29) is 30.6 Å².